The fourth-order valence-corrected chi connectivity index (χ4v) is 1.13. The van der Waals surface area contributed by atoms with Crippen molar-refractivity contribution in [2.24, 2.45) is 23.7 Å². The molecule has 0 N–H and O–H groups in total. The van der Waals surface area contributed by atoms with Crippen LogP contribution in [0.3, 0.4) is 0 Å². The first kappa shape index (κ1) is 33.3. The van der Waals surface area contributed by atoms with Crippen molar-refractivity contribution in [2.75, 3.05) is 0 Å². The van der Waals surface area contributed by atoms with Gasteiger partial charge in [0.1, 0.15) is 0 Å². The first-order chi connectivity index (χ1) is 14.0. The van der Waals surface area contributed by atoms with Crippen LogP contribution in [0.4, 0.5) is 0 Å². The Balaban J connectivity index is -0.000000321. The van der Waals surface area contributed by atoms with Crippen molar-refractivity contribution in [3.8, 4) is 0 Å². The molecule has 176 valence electrons. The summed E-state index contributed by atoms with van der Waals surface area (Å²) >= 11 is 0. The number of hydrogen-bond donors (Lipinski definition) is 0. The smallest absolute Gasteiger partial charge is 0.0184 e. The molecule has 0 aliphatic heterocycles. The predicted molar refractivity (Wildman–Crippen MR) is 144 cm³/mol. The molecule has 0 aliphatic rings. The Morgan fingerprint density at radius 1 is 0.400 bits per heavy atom. The standard InChI is InChI=1S/C10H8.4C5H12/c1-2-6-10-8-4-3-7-9(10)5-1;4*1-4-5(2)3/h1-8H;4*5H,4H2,1-3H3. The van der Waals surface area contributed by atoms with Crippen molar-refractivity contribution in [1.29, 1.82) is 0 Å². The topological polar surface area (TPSA) is 0 Å². The highest BCUT2D eigenvalue weighted by molar-refractivity contribution is 5.81. The van der Waals surface area contributed by atoms with Gasteiger partial charge in [-0.2, -0.15) is 0 Å². The Kier molecular flexibility index (Phi) is 26.6. The Bertz CT molecular complexity index is 451. The second-order valence-electron chi connectivity index (χ2n) is 9.56. The lowest BCUT2D eigenvalue weighted by atomic mass is 10.1. The summed E-state index contributed by atoms with van der Waals surface area (Å²) < 4.78 is 0. The van der Waals surface area contributed by atoms with Crippen molar-refractivity contribution in [3.05, 3.63) is 48.5 Å². The van der Waals surface area contributed by atoms with Gasteiger partial charge in [-0.05, 0) is 34.4 Å². The van der Waals surface area contributed by atoms with Gasteiger partial charge in [0.15, 0.2) is 0 Å². The molecule has 0 radical (unpaired) electrons. The molecule has 2 rings (SSSR count). The summed E-state index contributed by atoms with van der Waals surface area (Å²) in [5.74, 6) is 3.54. The average Bonchev–Trinajstić information content (AvgIpc) is 2.75. The van der Waals surface area contributed by atoms with Gasteiger partial charge in [0.05, 0.1) is 0 Å². The van der Waals surface area contributed by atoms with E-state index in [1.54, 1.807) is 0 Å². The molecule has 0 aromatic heterocycles. The number of benzene rings is 2. The van der Waals surface area contributed by atoms with Crippen LogP contribution >= 0.6 is 0 Å². The van der Waals surface area contributed by atoms with E-state index in [9.17, 15) is 0 Å². The lowest BCUT2D eigenvalue weighted by Crippen LogP contribution is -1.77. The summed E-state index contributed by atoms with van der Waals surface area (Å²) in [5, 5.41) is 2.62. The summed E-state index contributed by atoms with van der Waals surface area (Å²) in [5.41, 5.74) is 0. The van der Waals surface area contributed by atoms with E-state index in [0.29, 0.717) is 0 Å². The van der Waals surface area contributed by atoms with Crippen LogP contribution < -0.4 is 0 Å². The molecule has 0 saturated carbocycles. The van der Waals surface area contributed by atoms with E-state index in [0.717, 1.165) is 23.7 Å². The molecule has 0 nitrogen and oxygen atoms in total. The van der Waals surface area contributed by atoms with Crippen LogP contribution in [0.25, 0.3) is 10.8 Å². The third kappa shape index (κ3) is 28.9. The molecule has 0 atom stereocenters. The van der Waals surface area contributed by atoms with Crippen molar-refractivity contribution >= 4 is 10.8 Å². The zero-order valence-corrected chi connectivity index (χ0v) is 22.8. The molecular weight excluding hydrogens is 360 g/mol. The van der Waals surface area contributed by atoms with Crippen LogP contribution in [0.2, 0.25) is 0 Å². The monoisotopic (exact) mass is 416 g/mol. The fourth-order valence-electron chi connectivity index (χ4n) is 1.13. The number of rotatable bonds is 4. The molecule has 30 heavy (non-hydrogen) atoms. The summed E-state index contributed by atoms with van der Waals surface area (Å²) in [7, 11) is 0. The number of hydrogen-bond acceptors (Lipinski definition) is 0. The molecule has 0 aliphatic carbocycles. The van der Waals surface area contributed by atoms with Crippen LogP contribution in [-0.2, 0) is 0 Å². The van der Waals surface area contributed by atoms with Crippen LogP contribution in [0.15, 0.2) is 48.5 Å². The maximum atomic E-state index is 2.22. The average molecular weight is 417 g/mol. The minimum atomic E-state index is 0.884. The summed E-state index contributed by atoms with van der Waals surface area (Å²) in [6, 6.07) is 16.7. The van der Waals surface area contributed by atoms with Crippen molar-refractivity contribution in [1.82, 2.24) is 0 Å². The van der Waals surface area contributed by atoms with Crippen LogP contribution in [-0.4, -0.2) is 0 Å². The highest BCUT2D eigenvalue weighted by Gasteiger charge is 1.85. The van der Waals surface area contributed by atoms with Gasteiger partial charge in [-0.1, -0.05) is 157 Å². The van der Waals surface area contributed by atoms with Crippen molar-refractivity contribution in [3.63, 3.8) is 0 Å². The van der Waals surface area contributed by atoms with E-state index in [-0.39, 0.29) is 0 Å². The quantitative estimate of drug-likeness (QED) is 0.464. The molecule has 0 saturated heterocycles. The van der Waals surface area contributed by atoms with E-state index in [1.807, 2.05) is 0 Å². The largest absolute Gasteiger partial charge is 0.0651 e. The highest BCUT2D eigenvalue weighted by atomic mass is 13.9. The van der Waals surface area contributed by atoms with Crippen LogP contribution in [0.5, 0.6) is 0 Å². The fraction of sp³-hybridized carbons (Fsp3) is 0.667. The second-order valence-corrected chi connectivity index (χ2v) is 9.56. The van der Waals surface area contributed by atoms with Crippen molar-refractivity contribution < 1.29 is 0 Å². The number of fused-ring (bicyclic) bond motifs is 1. The summed E-state index contributed by atoms with van der Waals surface area (Å²) in [6.45, 7) is 26.6. The lowest BCUT2D eigenvalue weighted by Gasteiger charge is -1.92. The molecule has 2 aromatic carbocycles. The molecule has 0 fully saturated rings. The van der Waals surface area contributed by atoms with Gasteiger partial charge in [-0.25, -0.2) is 0 Å². The van der Waals surface area contributed by atoms with E-state index in [4.69, 9.17) is 0 Å². The molecule has 0 bridgehead atoms. The van der Waals surface area contributed by atoms with Gasteiger partial charge in [0, 0.05) is 0 Å². The molecule has 0 heterocycles. The first-order valence-electron chi connectivity index (χ1n) is 12.5. The molecule has 0 amide bonds. The van der Waals surface area contributed by atoms with Crippen LogP contribution in [0, 0.1) is 23.7 Å². The zero-order valence-electron chi connectivity index (χ0n) is 22.8. The maximum Gasteiger partial charge on any atom is -0.0184 e. The Hall–Kier alpha value is -1.30. The lowest BCUT2D eigenvalue weighted by molar-refractivity contribution is 0.626. The minimum absolute atomic E-state index is 0.884. The SMILES string of the molecule is CCC(C)C.CCC(C)C.CCC(C)C.CCC(C)C.c1ccc2ccccc2c1. The Morgan fingerprint density at radius 2 is 0.533 bits per heavy atom. The van der Waals surface area contributed by atoms with Gasteiger partial charge >= 0.3 is 0 Å². The van der Waals surface area contributed by atoms with Crippen LogP contribution in [0.1, 0.15) is 109 Å². The van der Waals surface area contributed by atoms with Gasteiger partial charge < -0.3 is 0 Å². The van der Waals surface area contributed by atoms with Gasteiger partial charge in [0.25, 0.3) is 0 Å². The van der Waals surface area contributed by atoms with Gasteiger partial charge in [0.2, 0.25) is 0 Å². The Morgan fingerprint density at radius 3 is 0.633 bits per heavy atom. The molecule has 0 unspecified atom stereocenters. The van der Waals surface area contributed by atoms with E-state index in [1.165, 1.54) is 36.5 Å². The summed E-state index contributed by atoms with van der Waals surface area (Å²) in [6.07, 6.45) is 5.22. The summed E-state index contributed by atoms with van der Waals surface area (Å²) in [4.78, 5) is 0. The van der Waals surface area contributed by atoms with Crippen molar-refractivity contribution in [2.45, 2.75) is 109 Å². The van der Waals surface area contributed by atoms with E-state index < -0.39 is 0 Å². The highest BCUT2D eigenvalue weighted by Crippen LogP contribution is 2.11. The maximum absolute atomic E-state index is 2.22. The Labute approximate surface area is 191 Å². The molecule has 0 spiro atoms. The molecule has 0 heteroatoms. The third-order valence-corrected chi connectivity index (χ3v) is 4.92. The van der Waals surface area contributed by atoms with E-state index >= 15 is 0 Å². The van der Waals surface area contributed by atoms with E-state index in [2.05, 4.69) is 132 Å². The third-order valence-electron chi connectivity index (χ3n) is 4.92. The minimum Gasteiger partial charge on any atom is -0.0651 e. The zero-order chi connectivity index (χ0) is 23.9. The molecular formula is C30H56. The first-order valence-corrected chi connectivity index (χ1v) is 12.5. The van der Waals surface area contributed by atoms with Gasteiger partial charge in [-0.15, -0.1) is 0 Å². The molecule has 2 aromatic rings. The normalized spacial score (nSPS) is 9.73. The predicted octanol–water partition coefficient (Wildman–Crippen LogP) is 11.0. The second kappa shape index (κ2) is 24.0. The van der Waals surface area contributed by atoms with Gasteiger partial charge in [-0.3, -0.25) is 0 Å².